The van der Waals surface area contributed by atoms with Crippen LogP contribution in [-0.2, 0) is 20.5 Å². The van der Waals surface area contributed by atoms with Crippen LogP contribution in [0.25, 0.3) is 6.08 Å². The van der Waals surface area contributed by atoms with Crippen molar-refractivity contribution < 1.29 is 37.0 Å². The van der Waals surface area contributed by atoms with E-state index in [2.05, 4.69) is 11.9 Å². The molecule has 2 aromatic rings. The van der Waals surface area contributed by atoms with E-state index in [1.165, 1.54) is 49.6 Å². The molecule has 0 radical (unpaired) electrons. The van der Waals surface area contributed by atoms with Gasteiger partial charge in [-0.05, 0) is 42.0 Å². The minimum absolute atomic E-state index is 0.0294. The number of esters is 1. The van der Waals surface area contributed by atoms with E-state index in [1.807, 2.05) is 0 Å². The third kappa shape index (κ3) is 7.43. The molecule has 0 heterocycles. The summed E-state index contributed by atoms with van der Waals surface area (Å²) in [5.74, 6) is -1.13. The van der Waals surface area contributed by atoms with E-state index in [1.54, 1.807) is 6.07 Å². The summed E-state index contributed by atoms with van der Waals surface area (Å²) in [6.45, 7) is 2.87. The van der Waals surface area contributed by atoms with Crippen LogP contribution in [0.4, 0.5) is 18.9 Å². The maximum Gasteiger partial charge on any atom is 0.416 e. The van der Waals surface area contributed by atoms with Crippen molar-refractivity contribution in [3.8, 4) is 17.6 Å². The molecule has 1 amide bonds. The minimum Gasteiger partial charge on any atom is -0.493 e. The van der Waals surface area contributed by atoms with Crippen molar-refractivity contribution in [2.75, 3.05) is 25.6 Å². The second-order valence-corrected chi connectivity index (χ2v) is 6.38. The highest BCUT2D eigenvalue weighted by Crippen LogP contribution is 2.31. The first-order valence-corrected chi connectivity index (χ1v) is 9.35. The zero-order valence-electron chi connectivity index (χ0n) is 17.4. The first-order valence-electron chi connectivity index (χ1n) is 9.35. The molecule has 0 fully saturated rings. The van der Waals surface area contributed by atoms with Crippen molar-refractivity contribution in [2.45, 2.75) is 6.18 Å². The van der Waals surface area contributed by atoms with Gasteiger partial charge in [-0.1, -0.05) is 24.8 Å². The Labute approximate surface area is 187 Å². The molecule has 33 heavy (non-hydrogen) atoms. The highest BCUT2D eigenvalue weighted by Gasteiger charge is 2.30. The molecule has 2 aromatic carbocycles. The van der Waals surface area contributed by atoms with Crippen molar-refractivity contribution in [1.29, 1.82) is 5.26 Å². The number of hydrogen-bond donors (Lipinski definition) is 1. The van der Waals surface area contributed by atoms with Gasteiger partial charge in [-0.2, -0.15) is 18.4 Å². The lowest BCUT2D eigenvalue weighted by molar-refractivity contribution is -0.138. The Balaban J connectivity index is 2.07. The van der Waals surface area contributed by atoms with Crippen molar-refractivity contribution in [3.05, 3.63) is 71.8 Å². The molecule has 7 nitrogen and oxygen atoms in total. The van der Waals surface area contributed by atoms with Gasteiger partial charge in [-0.15, -0.1) is 0 Å². The predicted octanol–water partition coefficient (Wildman–Crippen LogP) is 4.37. The van der Waals surface area contributed by atoms with Crippen LogP contribution in [0.3, 0.4) is 0 Å². The van der Waals surface area contributed by atoms with E-state index in [9.17, 15) is 22.8 Å². The summed E-state index contributed by atoms with van der Waals surface area (Å²) in [6, 6.07) is 10.4. The monoisotopic (exact) mass is 460 g/mol. The fourth-order valence-corrected chi connectivity index (χ4v) is 2.52. The number of nitrogens with one attached hydrogen (secondary N) is 1. The van der Waals surface area contributed by atoms with Crippen molar-refractivity contribution in [3.63, 3.8) is 0 Å². The zero-order chi connectivity index (χ0) is 24.4. The number of halogens is 3. The number of anilines is 1. The lowest BCUT2D eigenvalue weighted by Gasteiger charge is -2.12. The fraction of sp³-hybridized carbons (Fsp3) is 0.174. The average Bonchev–Trinajstić information content (AvgIpc) is 2.79. The number of benzene rings is 2. The van der Waals surface area contributed by atoms with Gasteiger partial charge in [0.2, 0.25) is 0 Å². The number of carbonyl (C=O) groups is 2. The molecule has 2 rings (SSSR count). The number of nitriles is 1. The van der Waals surface area contributed by atoms with Gasteiger partial charge < -0.3 is 19.5 Å². The van der Waals surface area contributed by atoms with E-state index >= 15 is 0 Å². The topological polar surface area (TPSA) is 97.7 Å². The van der Waals surface area contributed by atoms with Crippen molar-refractivity contribution in [1.82, 2.24) is 0 Å². The van der Waals surface area contributed by atoms with Gasteiger partial charge in [-0.3, -0.25) is 4.79 Å². The summed E-state index contributed by atoms with van der Waals surface area (Å²) < 4.78 is 53.8. The van der Waals surface area contributed by atoms with Crippen LogP contribution in [0, 0.1) is 11.3 Å². The van der Waals surface area contributed by atoms with Gasteiger partial charge >= 0.3 is 12.1 Å². The Morgan fingerprint density at radius 1 is 1.18 bits per heavy atom. The smallest absolute Gasteiger partial charge is 0.416 e. The second kappa shape index (κ2) is 11.4. The summed E-state index contributed by atoms with van der Waals surface area (Å²) in [6.07, 6.45) is -1.88. The molecule has 10 heteroatoms. The number of amides is 1. The van der Waals surface area contributed by atoms with E-state index < -0.39 is 30.2 Å². The van der Waals surface area contributed by atoms with Crippen LogP contribution < -0.4 is 14.8 Å². The number of carbonyl (C=O) groups excluding carboxylic acids is 2. The maximum absolute atomic E-state index is 12.8. The normalized spacial score (nSPS) is 11.2. The highest BCUT2D eigenvalue weighted by atomic mass is 19.4. The second-order valence-electron chi connectivity index (χ2n) is 6.38. The van der Waals surface area contributed by atoms with Gasteiger partial charge in [0.1, 0.15) is 18.2 Å². The van der Waals surface area contributed by atoms with Gasteiger partial charge in [0, 0.05) is 5.69 Å². The quantitative estimate of drug-likeness (QED) is 0.258. The van der Waals surface area contributed by atoms with Gasteiger partial charge in [0.25, 0.3) is 5.91 Å². The average molecular weight is 460 g/mol. The van der Waals surface area contributed by atoms with Gasteiger partial charge in [0.15, 0.2) is 18.1 Å². The third-order valence-electron chi connectivity index (χ3n) is 4.00. The van der Waals surface area contributed by atoms with Crippen LogP contribution in [-0.4, -0.2) is 32.2 Å². The number of rotatable bonds is 9. The Hall–Kier alpha value is -4.26. The molecule has 0 aromatic heterocycles. The SMILES string of the molecule is C=CCOC(=O)/C(C#N)=C/c1ccc(OCC(=O)Nc2cccc(C(F)(F)F)c2)c(OC)c1. The summed E-state index contributed by atoms with van der Waals surface area (Å²) >= 11 is 0. The molecule has 172 valence electrons. The van der Waals surface area contributed by atoms with Crippen LogP contribution in [0.1, 0.15) is 11.1 Å². The summed E-state index contributed by atoms with van der Waals surface area (Å²) in [7, 11) is 1.35. The molecule has 1 N–H and O–H groups in total. The standard InChI is InChI=1S/C23H19F3N2O5/c1-3-9-32-22(30)16(13-27)10-15-7-8-19(20(11-15)31-2)33-14-21(29)28-18-6-4-5-17(12-18)23(24,25)26/h3-8,10-12H,1,9,14H2,2H3,(H,28,29)/b16-10+. The summed E-state index contributed by atoms with van der Waals surface area (Å²) in [5, 5.41) is 11.5. The molecule has 0 aliphatic carbocycles. The van der Waals surface area contributed by atoms with Crippen LogP contribution >= 0.6 is 0 Å². The predicted molar refractivity (Wildman–Crippen MR) is 113 cm³/mol. The van der Waals surface area contributed by atoms with E-state index in [0.29, 0.717) is 5.56 Å². The number of nitrogens with zero attached hydrogens (tertiary/aromatic N) is 1. The van der Waals surface area contributed by atoms with Crippen molar-refractivity contribution >= 4 is 23.6 Å². The van der Waals surface area contributed by atoms with E-state index in [-0.39, 0.29) is 29.4 Å². The van der Waals surface area contributed by atoms with E-state index in [4.69, 9.17) is 19.5 Å². The Morgan fingerprint density at radius 2 is 1.94 bits per heavy atom. The molecule has 0 atom stereocenters. The molecule has 0 unspecified atom stereocenters. The molecular weight excluding hydrogens is 441 g/mol. The minimum atomic E-state index is -4.53. The van der Waals surface area contributed by atoms with Crippen LogP contribution in [0.5, 0.6) is 11.5 Å². The molecule has 0 aliphatic heterocycles. The Kier molecular flexibility index (Phi) is 8.63. The van der Waals surface area contributed by atoms with Gasteiger partial charge in [0.05, 0.1) is 12.7 Å². The van der Waals surface area contributed by atoms with Gasteiger partial charge in [-0.25, -0.2) is 4.79 Å². The molecule has 0 spiro atoms. The summed E-state index contributed by atoms with van der Waals surface area (Å²) in [5.41, 5.74) is -0.734. The van der Waals surface area contributed by atoms with Crippen LogP contribution in [0.2, 0.25) is 0 Å². The van der Waals surface area contributed by atoms with Crippen LogP contribution in [0.15, 0.2) is 60.7 Å². The molecule has 0 saturated carbocycles. The molecule has 0 saturated heterocycles. The Bertz CT molecular complexity index is 1100. The highest BCUT2D eigenvalue weighted by molar-refractivity contribution is 5.98. The number of hydrogen-bond acceptors (Lipinski definition) is 6. The fourth-order valence-electron chi connectivity index (χ4n) is 2.52. The summed E-state index contributed by atoms with van der Waals surface area (Å²) in [4.78, 5) is 23.9. The lowest BCUT2D eigenvalue weighted by Crippen LogP contribution is -2.20. The number of ether oxygens (including phenoxy) is 3. The zero-order valence-corrected chi connectivity index (χ0v) is 17.4. The maximum atomic E-state index is 12.8. The first kappa shape index (κ1) is 25.0. The molecule has 0 aliphatic rings. The molecular formula is C23H19F3N2O5. The van der Waals surface area contributed by atoms with Crippen molar-refractivity contribution in [2.24, 2.45) is 0 Å². The molecule has 0 bridgehead atoms. The van der Waals surface area contributed by atoms with E-state index in [0.717, 1.165) is 12.1 Å². The third-order valence-corrected chi connectivity index (χ3v) is 4.00. The first-order chi connectivity index (χ1) is 15.7. The lowest BCUT2D eigenvalue weighted by atomic mass is 10.1. The number of alkyl halides is 3. The Morgan fingerprint density at radius 3 is 2.58 bits per heavy atom. The number of methoxy groups -OCH3 is 1. The largest absolute Gasteiger partial charge is 0.493 e.